The van der Waals surface area contributed by atoms with Gasteiger partial charge in [-0.3, -0.25) is 24.1 Å². The van der Waals surface area contributed by atoms with E-state index < -0.39 is 18.2 Å². The number of amides is 4. The number of rotatable bonds is 19. The van der Waals surface area contributed by atoms with Crippen LogP contribution in [0.15, 0.2) is 42.5 Å². The minimum absolute atomic E-state index is 0.0278. The lowest BCUT2D eigenvalue weighted by atomic mass is 9.89. The Morgan fingerprint density at radius 2 is 1.63 bits per heavy atom. The quantitative estimate of drug-likeness (QED) is 0.194. The van der Waals surface area contributed by atoms with Gasteiger partial charge in [-0.1, -0.05) is 84.4 Å². The van der Waals surface area contributed by atoms with Crippen LogP contribution >= 0.6 is 11.8 Å². The Hall–Kier alpha value is -3.15. The van der Waals surface area contributed by atoms with Gasteiger partial charge in [-0.15, -0.1) is 0 Å². The molecule has 0 aromatic heterocycles. The predicted octanol–water partition coefficient (Wildman–Crippen LogP) is 5.57. The van der Waals surface area contributed by atoms with Crippen LogP contribution in [0.5, 0.6) is 0 Å². The molecule has 3 rings (SSSR count). The van der Waals surface area contributed by atoms with E-state index in [9.17, 15) is 19.2 Å². The summed E-state index contributed by atoms with van der Waals surface area (Å²) in [5, 5.41) is 8.41. The molecule has 1 saturated heterocycles. The molecule has 290 valence electrons. The van der Waals surface area contributed by atoms with Crippen molar-refractivity contribution in [2.24, 2.45) is 17.8 Å². The number of likely N-dealkylation sites (N-methyl/N-ethyl adjacent to an activating group) is 2. The van der Waals surface area contributed by atoms with Crippen molar-refractivity contribution in [2.75, 3.05) is 41.1 Å². The van der Waals surface area contributed by atoms with E-state index in [0.29, 0.717) is 19.5 Å². The Bertz CT molecular complexity index is 1480. The van der Waals surface area contributed by atoms with Gasteiger partial charge in [0, 0.05) is 45.0 Å². The predicted molar refractivity (Wildman–Crippen MR) is 213 cm³/mol. The summed E-state index contributed by atoms with van der Waals surface area (Å²) in [5.74, 6) is -0.482. The molecule has 0 radical (unpaired) electrons. The van der Waals surface area contributed by atoms with Crippen LogP contribution in [-0.4, -0.2) is 115 Å². The molecule has 0 saturated carbocycles. The SMILES string of the molecule is CCC(C)C(C(CC(=O)N1CCCC1C(CC(=O)NCc1ccc2ccccc2c1)SC)OC)N(C)C(=O)C(NC(=O)C(C(C)C)N(C)C)C(C)C. The maximum absolute atomic E-state index is 14.2. The van der Waals surface area contributed by atoms with Crippen molar-refractivity contribution in [3.05, 3.63) is 48.0 Å². The lowest BCUT2D eigenvalue weighted by Gasteiger charge is -2.41. The molecule has 7 unspecified atom stereocenters. The first-order valence-electron chi connectivity index (χ1n) is 19.0. The van der Waals surface area contributed by atoms with Gasteiger partial charge in [0.2, 0.25) is 23.6 Å². The van der Waals surface area contributed by atoms with Crippen LogP contribution in [0.25, 0.3) is 10.8 Å². The fourth-order valence-corrected chi connectivity index (χ4v) is 8.71. The number of likely N-dealkylation sites (tertiary alicyclic amines) is 1. The van der Waals surface area contributed by atoms with Gasteiger partial charge in [0.05, 0.1) is 24.6 Å². The van der Waals surface area contributed by atoms with E-state index >= 15 is 0 Å². The Morgan fingerprint density at radius 3 is 2.21 bits per heavy atom. The van der Waals surface area contributed by atoms with Crippen LogP contribution in [0.2, 0.25) is 0 Å². The van der Waals surface area contributed by atoms with Crippen LogP contribution in [0.1, 0.15) is 79.2 Å². The number of benzene rings is 2. The largest absolute Gasteiger partial charge is 0.379 e. The van der Waals surface area contributed by atoms with E-state index in [4.69, 9.17) is 4.74 Å². The minimum atomic E-state index is -0.726. The molecule has 1 aliphatic rings. The lowest BCUT2D eigenvalue weighted by Crippen LogP contribution is -2.59. The average Bonchev–Trinajstić information content (AvgIpc) is 3.60. The Morgan fingerprint density at radius 1 is 0.962 bits per heavy atom. The van der Waals surface area contributed by atoms with Crippen molar-refractivity contribution in [2.45, 2.75) is 116 Å². The van der Waals surface area contributed by atoms with E-state index in [1.165, 1.54) is 5.39 Å². The van der Waals surface area contributed by atoms with Crippen molar-refractivity contribution >= 4 is 46.2 Å². The lowest BCUT2D eigenvalue weighted by molar-refractivity contribution is -0.146. The van der Waals surface area contributed by atoms with E-state index in [-0.39, 0.29) is 65.1 Å². The molecule has 7 atom stereocenters. The minimum Gasteiger partial charge on any atom is -0.379 e. The molecular formula is C41H65N5O5S. The second-order valence-corrected chi connectivity index (χ2v) is 16.5. The highest BCUT2D eigenvalue weighted by molar-refractivity contribution is 7.99. The van der Waals surface area contributed by atoms with Crippen LogP contribution in [0, 0.1) is 17.8 Å². The maximum Gasteiger partial charge on any atom is 0.245 e. The van der Waals surface area contributed by atoms with E-state index in [1.54, 1.807) is 30.8 Å². The molecule has 0 bridgehead atoms. The molecule has 0 aliphatic carbocycles. The van der Waals surface area contributed by atoms with Gasteiger partial charge in [-0.2, -0.15) is 11.8 Å². The average molecular weight is 740 g/mol. The molecule has 1 aliphatic heterocycles. The van der Waals surface area contributed by atoms with Crippen molar-refractivity contribution in [1.29, 1.82) is 0 Å². The Labute approximate surface area is 317 Å². The topological polar surface area (TPSA) is 111 Å². The van der Waals surface area contributed by atoms with Gasteiger partial charge in [0.1, 0.15) is 6.04 Å². The molecule has 2 aromatic rings. The summed E-state index contributed by atoms with van der Waals surface area (Å²) in [4.78, 5) is 60.4. The summed E-state index contributed by atoms with van der Waals surface area (Å²) >= 11 is 1.63. The normalized spacial score (nSPS) is 18.3. The maximum atomic E-state index is 14.2. The Balaban J connectivity index is 1.71. The number of carbonyl (C=O) groups is 4. The summed E-state index contributed by atoms with van der Waals surface area (Å²) in [5.41, 5.74) is 1.05. The van der Waals surface area contributed by atoms with Gasteiger partial charge >= 0.3 is 0 Å². The third-order valence-electron chi connectivity index (χ3n) is 10.8. The van der Waals surface area contributed by atoms with Gasteiger partial charge < -0.3 is 25.2 Å². The van der Waals surface area contributed by atoms with E-state index in [2.05, 4.69) is 48.7 Å². The van der Waals surface area contributed by atoms with Gasteiger partial charge in [0.15, 0.2) is 0 Å². The van der Waals surface area contributed by atoms with E-state index in [1.807, 2.05) is 76.0 Å². The van der Waals surface area contributed by atoms with Crippen molar-refractivity contribution in [3.8, 4) is 0 Å². The Kier molecular flexibility index (Phi) is 16.9. The molecular weight excluding hydrogens is 675 g/mol. The summed E-state index contributed by atoms with van der Waals surface area (Å²) in [6.45, 7) is 13.1. The second-order valence-electron chi connectivity index (χ2n) is 15.4. The molecule has 52 heavy (non-hydrogen) atoms. The number of methoxy groups -OCH3 is 1. The van der Waals surface area contributed by atoms with Crippen LogP contribution < -0.4 is 10.6 Å². The number of fused-ring (bicyclic) bond motifs is 1. The highest BCUT2D eigenvalue weighted by atomic mass is 32.2. The molecule has 1 heterocycles. The van der Waals surface area contributed by atoms with Gasteiger partial charge in [0.25, 0.3) is 0 Å². The smallest absolute Gasteiger partial charge is 0.245 e. The van der Waals surface area contributed by atoms with Crippen molar-refractivity contribution in [3.63, 3.8) is 0 Å². The first-order valence-corrected chi connectivity index (χ1v) is 20.3. The van der Waals surface area contributed by atoms with Gasteiger partial charge in [-0.05, 0) is 73.3 Å². The first kappa shape index (κ1) is 43.3. The number of ether oxygens (including phenoxy) is 1. The summed E-state index contributed by atoms with van der Waals surface area (Å²) < 4.78 is 6.04. The van der Waals surface area contributed by atoms with Gasteiger partial charge in [-0.25, -0.2) is 0 Å². The number of hydrogen-bond donors (Lipinski definition) is 2. The molecule has 4 amide bonds. The molecule has 1 fully saturated rings. The third-order valence-corrected chi connectivity index (χ3v) is 11.9. The number of hydrogen-bond acceptors (Lipinski definition) is 7. The number of carbonyl (C=O) groups excluding carboxylic acids is 4. The van der Waals surface area contributed by atoms with Crippen molar-refractivity contribution < 1.29 is 23.9 Å². The fraction of sp³-hybridized carbons (Fsp3) is 0.659. The third kappa shape index (κ3) is 11.2. The number of thioether (sulfide) groups is 1. The monoisotopic (exact) mass is 739 g/mol. The molecule has 10 nitrogen and oxygen atoms in total. The highest BCUT2D eigenvalue weighted by Crippen LogP contribution is 2.31. The van der Waals surface area contributed by atoms with Crippen molar-refractivity contribution in [1.82, 2.24) is 25.3 Å². The standard InChI is InChI=1S/C41H65N5O5S/c1-12-28(6)39(45(9)41(50)37(26(2)3)43-40(49)38(27(4)5)44(7)8)33(51-10)23-36(48)46-21-15-18-32(46)34(52-11)24-35(47)42-25-29-19-20-30-16-13-14-17-31(30)22-29/h13-14,16-17,19-20,22,26-28,32-34,37-39H,12,15,18,21,23-25H2,1-11H3,(H,42,47)(H,43,49). The van der Waals surface area contributed by atoms with Crippen LogP contribution in [0.4, 0.5) is 0 Å². The second kappa shape index (κ2) is 20.3. The zero-order valence-electron chi connectivity index (χ0n) is 33.5. The number of nitrogens with one attached hydrogen (secondary N) is 2. The molecule has 11 heteroatoms. The summed E-state index contributed by atoms with van der Waals surface area (Å²) in [7, 11) is 7.11. The first-order chi connectivity index (χ1) is 24.6. The zero-order valence-corrected chi connectivity index (χ0v) is 34.3. The highest BCUT2D eigenvalue weighted by Gasteiger charge is 2.41. The molecule has 2 N–H and O–H groups in total. The number of nitrogens with zero attached hydrogens (tertiary/aromatic N) is 3. The zero-order chi connectivity index (χ0) is 38.7. The van der Waals surface area contributed by atoms with E-state index in [0.717, 1.165) is 30.2 Å². The fourth-order valence-electron chi connectivity index (χ4n) is 7.79. The summed E-state index contributed by atoms with van der Waals surface area (Å²) in [6.07, 6.45) is 4.37. The molecule has 2 aromatic carbocycles. The molecule has 0 spiro atoms. The summed E-state index contributed by atoms with van der Waals surface area (Å²) in [6, 6.07) is 12.8. The van der Waals surface area contributed by atoms with Crippen LogP contribution in [-0.2, 0) is 30.5 Å². The van der Waals surface area contributed by atoms with Crippen LogP contribution in [0.3, 0.4) is 0 Å².